The summed E-state index contributed by atoms with van der Waals surface area (Å²) in [6.45, 7) is 23.0. The molecule has 57 heavy (non-hydrogen) atoms. The summed E-state index contributed by atoms with van der Waals surface area (Å²) >= 11 is 0. The fourth-order valence-corrected chi connectivity index (χ4v) is 7.39. The van der Waals surface area contributed by atoms with Crippen molar-refractivity contribution < 1.29 is 13.9 Å². The van der Waals surface area contributed by atoms with Gasteiger partial charge < -0.3 is 19.9 Å². The summed E-state index contributed by atoms with van der Waals surface area (Å²) in [5, 5.41) is 12.4. The number of piperazine rings is 1. The van der Waals surface area contributed by atoms with Gasteiger partial charge in [0.25, 0.3) is 11.1 Å². The molecule has 5 heterocycles. The van der Waals surface area contributed by atoms with Gasteiger partial charge in [-0.25, -0.2) is 14.1 Å². The molecule has 0 aliphatic carbocycles. The summed E-state index contributed by atoms with van der Waals surface area (Å²) < 4.78 is 23.3. The Morgan fingerprint density at radius 2 is 1.65 bits per heavy atom. The molecule has 2 aromatic carbocycles. The second-order valence-corrected chi connectivity index (χ2v) is 14.9. The number of carbonyl (C=O) groups excluding carboxylic acids is 1. The van der Waals surface area contributed by atoms with Crippen molar-refractivity contribution in [2.45, 2.75) is 99.3 Å². The Morgan fingerprint density at radius 3 is 2.25 bits per heavy atom. The Bertz CT molecular complexity index is 2370. The van der Waals surface area contributed by atoms with Crippen LogP contribution >= 0.6 is 0 Å². The number of pyridine rings is 1. The van der Waals surface area contributed by atoms with Crippen LogP contribution < -0.4 is 21.3 Å². The number of halogens is 1. The van der Waals surface area contributed by atoms with Crippen LogP contribution in [0.15, 0.2) is 82.8 Å². The van der Waals surface area contributed by atoms with Crippen LogP contribution in [0.1, 0.15) is 86.3 Å². The Labute approximate surface area is 334 Å². The molecular formula is C44H55FN8O4. The quantitative estimate of drug-likeness (QED) is 0.155. The molecule has 0 radical (unpaired) electrons. The van der Waals surface area contributed by atoms with E-state index in [9.17, 15) is 14.4 Å². The topological polar surface area (TPSA) is 127 Å². The highest BCUT2D eigenvalue weighted by Crippen LogP contribution is 2.36. The fraction of sp³-hybridized carbons (Fsp3) is 0.409. The van der Waals surface area contributed by atoms with Gasteiger partial charge in [-0.05, 0) is 67.1 Å². The van der Waals surface area contributed by atoms with E-state index < -0.39 is 17.3 Å². The molecule has 12 nitrogen and oxygen atoms in total. The Hall–Kier alpha value is -5.85. The van der Waals surface area contributed by atoms with Gasteiger partial charge in [0.15, 0.2) is 0 Å². The van der Waals surface area contributed by atoms with E-state index in [1.54, 1.807) is 30.3 Å². The summed E-state index contributed by atoms with van der Waals surface area (Å²) in [4.78, 5) is 48.7. The number of anilines is 3. The van der Waals surface area contributed by atoms with Gasteiger partial charge in [0.1, 0.15) is 23.9 Å². The van der Waals surface area contributed by atoms with Crippen molar-refractivity contribution in [2.24, 2.45) is 7.05 Å². The van der Waals surface area contributed by atoms with Crippen LogP contribution in [0.25, 0.3) is 27.7 Å². The highest BCUT2D eigenvalue weighted by atomic mass is 19.1. The van der Waals surface area contributed by atoms with Gasteiger partial charge in [-0.1, -0.05) is 67.2 Å². The molecule has 13 heteroatoms. The van der Waals surface area contributed by atoms with E-state index in [-0.39, 0.29) is 34.3 Å². The first kappa shape index (κ1) is 42.3. The molecule has 2 atom stereocenters. The molecule has 0 saturated carbocycles. The lowest BCUT2D eigenvalue weighted by Crippen LogP contribution is -2.53. The standard InChI is InChI=1S/C40H43FN8O4.2C2H6/c1-23(2)47-20-28-11-12-29(21-47)48(28)27-13-14-36(42-19-27)44-34-17-33(45-46(7)38(34)51)30-9-8-10-35(31(30)22-53-24(3)50)49-39(52)37-25(18-43-49)15-26(16-32(37)41)40(4,5)6;2*1-2/h8-10,13-19,28-29H,1,11-12,20-22H2,2-7H3,(H,42,44);2*1-2H3. The molecule has 302 valence electrons. The maximum atomic E-state index is 15.6. The van der Waals surface area contributed by atoms with Crippen LogP contribution in [-0.2, 0) is 28.6 Å². The lowest BCUT2D eigenvalue weighted by molar-refractivity contribution is -0.142. The van der Waals surface area contributed by atoms with Gasteiger partial charge in [-0.3, -0.25) is 14.4 Å². The largest absolute Gasteiger partial charge is 0.461 e. The van der Waals surface area contributed by atoms with Crippen LogP contribution in [-0.4, -0.2) is 60.6 Å². The summed E-state index contributed by atoms with van der Waals surface area (Å²) in [6.07, 6.45) is 5.52. The lowest BCUT2D eigenvalue weighted by atomic mass is 9.86. The Kier molecular flexibility index (Phi) is 13.0. The molecule has 0 amide bonds. The van der Waals surface area contributed by atoms with Crippen molar-refractivity contribution >= 4 is 33.9 Å². The number of rotatable bonds is 8. The summed E-state index contributed by atoms with van der Waals surface area (Å²) in [5.41, 5.74) is 3.19. The number of carbonyl (C=O) groups is 1. The van der Waals surface area contributed by atoms with Gasteiger partial charge in [-0.2, -0.15) is 14.9 Å². The highest BCUT2D eigenvalue weighted by molar-refractivity contribution is 5.83. The average Bonchev–Trinajstić information content (AvgIpc) is 3.44. The number of fused-ring (bicyclic) bond motifs is 3. The molecule has 7 rings (SSSR count). The minimum absolute atomic E-state index is 0.108. The second kappa shape index (κ2) is 17.5. The minimum Gasteiger partial charge on any atom is -0.461 e. The highest BCUT2D eigenvalue weighted by Gasteiger charge is 2.40. The predicted molar refractivity (Wildman–Crippen MR) is 226 cm³/mol. The number of likely N-dealkylation sites (tertiary alicyclic amines) is 1. The smallest absolute Gasteiger partial charge is 0.302 e. The van der Waals surface area contributed by atoms with Gasteiger partial charge in [0.2, 0.25) is 0 Å². The third kappa shape index (κ3) is 8.77. The number of aromatic nitrogens is 5. The normalized spacial score (nSPS) is 16.0. The average molecular weight is 779 g/mol. The van der Waals surface area contributed by atoms with Crippen molar-refractivity contribution in [1.82, 2.24) is 29.4 Å². The first-order chi connectivity index (χ1) is 27.2. The lowest BCUT2D eigenvalue weighted by Gasteiger charge is -2.43. The Balaban J connectivity index is 0.00000150. The molecule has 2 bridgehead atoms. The Morgan fingerprint density at radius 1 is 0.965 bits per heavy atom. The van der Waals surface area contributed by atoms with Gasteiger partial charge in [0.05, 0.1) is 34.8 Å². The zero-order chi connectivity index (χ0) is 41.8. The molecule has 2 saturated heterocycles. The number of allylic oxidation sites excluding steroid dienone is 1. The third-order valence-electron chi connectivity index (χ3n) is 10.2. The molecular weight excluding hydrogens is 724 g/mol. The fourth-order valence-electron chi connectivity index (χ4n) is 7.39. The van der Waals surface area contributed by atoms with Crippen LogP contribution in [0.5, 0.6) is 0 Å². The van der Waals surface area contributed by atoms with Crippen LogP contribution in [0.4, 0.5) is 21.6 Å². The monoisotopic (exact) mass is 778 g/mol. The van der Waals surface area contributed by atoms with Gasteiger partial charge in [0, 0.05) is 61.4 Å². The molecule has 0 spiro atoms. The number of benzene rings is 2. The second-order valence-electron chi connectivity index (χ2n) is 14.9. The van der Waals surface area contributed by atoms with E-state index in [1.807, 2.05) is 66.8 Å². The SMILES string of the molecule is C=C(C)N1CC2CCC(C1)N2c1ccc(Nc2cc(-c3cccc(-n4ncc5cc(C(C)(C)C)cc(F)c5c4=O)c3COC(C)=O)nn(C)c2=O)nc1.CC.CC. The number of esters is 1. The number of ether oxygens (including phenoxy) is 1. The van der Waals surface area contributed by atoms with E-state index in [4.69, 9.17) is 4.74 Å². The van der Waals surface area contributed by atoms with Crippen LogP contribution in [0.2, 0.25) is 0 Å². The molecule has 2 fully saturated rings. The molecule has 2 aliphatic rings. The van der Waals surface area contributed by atoms with E-state index in [0.29, 0.717) is 40.1 Å². The number of nitrogens with zero attached hydrogens (tertiary/aromatic N) is 7. The zero-order valence-electron chi connectivity index (χ0n) is 34.8. The van der Waals surface area contributed by atoms with Crippen LogP contribution in [0.3, 0.4) is 0 Å². The molecule has 5 aromatic rings. The molecule has 3 aromatic heterocycles. The van der Waals surface area contributed by atoms with Gasteiger partial charge >= 0.3 is 5.97 Å². The van der Waals surface area contributed by atoms with Crippen molar-refractivity contribution in [3.05, 3.63) is 111 Å². The van der Waals surface area contributed by atoms with Crippen molar-refractivity contribution in [1.29, 1.82) is 0 Å². The maximum absolute atomic E-state index is 15.6. The van der Waals surface area contributed by atoms with E-state index >= 15 is 4.39 Å². The number of hydrogen-bond acceptors (Lipinski definition) is 10. The molecule has 2 unspecified atom stereocenters. The predicted octanol–water partition coefficient (Wildman–Crippen LogP) is 8.02. The third-order valence-corrected chi connectivity index (χ3v) is 10.2. The van der Waals surface area contributed by atoms with Crippen molar-refractivity contribution in [3.63, 3.8) is 0 Å². The van der Waals surface area contributed by atoms with Crippen molar-refractivity contribution in [2.75, 3.05) is 23.3 Å². The summed E-state index contributed by atoms with van der Waals surface area (Å²) in [5.74, 6) is -0.712. The van der Waals surface area contributed by atoms with Gasteiger partial charge in [-0.15, -0.1) is 0 Å². The maximum Gasteiger partial charge on any atom is 0.302 e. The van der Waals surface area contributed by atoms with Crippen LogP contribution in [0, 0.1) is 5.82 Å². The molecule has 1 N–H and O–H groups in total. The summed E-state index contributed by atoms with van der Waals surface area (Å²) in [7, 11) is 1.54. The van der Waals surface area contributed by atoms with E-state index in [0.717, 1.165) is 47.6 Å². The first-order valence-electron chi connectivity index (χ1n) is 19.7. The minimum atomic E-state index is -0.669. The zero-order valence-corrected chi connectivity index (χ0v) is 34.8. The molecule has 2 aliphatic heterocycles. The van der Waals surface area contributed by atoms with Crippen molar-refractivity contribution in [3.8, 4) is 16.9 Å². The number of aryl methyl sites for hydroxylation is 1. The number of hydrogen-bond donors (Lipinski definition) is 1. The van der Waals surface area contributed by atoms with E-state index in [2.05, 4.69) is 43.8 Å². The first-order valence-corrected chi connectivity index (χ1v) is 19.7. The van der Waals surface area contributed by atoms with E-state index in [1.165, 1.54) is 30.9 Å². The summed E-state index contributed by atoms with van der Waals surface area (Å²) in [6, 6.07) is 14.5. The number of nitrogens with one attached hydrogen (secondary N) is 1.